The Bertz CT molecular complexity index is 455. The zero-order valence-electron chi connectivity index (χ0n) is 10.4. The van der Waals surface area contributed by atoms with Gasteiger partial charge in [-0.15, -0.1) is 0 Å². The quantitative estimate of drug-likeness (QED) is 0.803. The first-order chi connectivity index (χ1) is 8.65. The molecule has 2 amide bonds. The first-order valence-electron chi connectivity index (χ1n) is 5.65. The fourth-order valence-corrected chi connectivity index (χ4v) is 1.26. The third-order valence-electron chi connectivity index (χ3n) is 1.95. The minimum absolute atomic E-state index is 0.229. The van der Waals surface area contributed by atoms with Gasteiger partial charge in [-0.2, -0.15) is 0 Å². The molecule has 1 aromatic rings. The molecule has 0 aromatic heterocycles. The normalized spacial score (nSPS) is 10.1. The number of allylic oxidation sites excluding steroid dienone is 1. The van der Waals surface area contributed by atoms with Crippen LogP contribution in [0.25, 0.3) is 0 Å². The van der Waals surface area contributed by atoms with Gasteiger partial charge in [0, 0.05) is 18.3 Å². The predicted molar refractivity (Wildman–Crippen MR) is 69.6 cm³/mol. The summed E-state index contributed by atoms with van der Waals surface area (Å²) in [7, 11) is 0. The number of nitrogens with one attached hydrogen (secondary N) is 2. The molecule has 0 bridgehead atoms. The molecule has 2 N–H and O–H groups in total. The summed E-state index contributed by atoms with van der Waals surface area (Å²) in [4.78, 5) is 22.5. The SMILES string of the molecule is CC=CC(=O)Nc1cccc(OC(=O)NCC)c1. The molecule has 0 aliphatic heterocycles. The van der Waals surface area contributed by atoms with Crippen molar-refractivity contribution in [3.8, 4) is 5.75 Å². The number of anilines is 1. The molecule has 0 saturated carbocycles. The van der Waals surface area contributed by atoms with Gasteiger partial charge in [-0.25, -0.2) is 4.79 Å². The Morgan fingerprint density at radius 3 is 2.83 bits per heavy atom. The molecule has 0 heterocycles. The maximum absolute atomic E-state index is 11.3. The average molecular weight is 248 g/mol. The molecule has 0 fully saturated rings. The van der Waals surface area contributed by atoms with Crippen LogP contribution in [0.15, 0.2) is 36.4 Å². The van der Waals surface area contributed by atoms with E-state index < -0.39 is 6.09 Å². The van der Waals surface area contributed by atoms with E-state index in [2.05, 4.69) is 10.6 Å². The minimum atomic E-state index is -0.519. The van der Waals surface area contributed by atoms with E-state index in [-0.39, 0.29) is 5.91 Å². The third kappa shape index (κ3) is 4.69. The van der Waals surface area contributed by atoms with Crippen molar-refractivity contribution < 1.29 is 14.3 Å². The molecule has 0 aliphatic carbocycles. The molecule has 1 aromatic carbocycles. The number of benzene rings is 1. The largest absolute Gasteiger partial charge is 0.412 e. The van der Waals surface area contributed by atoms with E-state index in [9.17, 15) is 9.59 Å². The van der Waals surface area contributed by atoms with E-state index >= 15 is 0 Å². The molecule has 0 saturated heterocycles. The molecule has 0 atom stereocenters. The van der Waals surface area contributed by atoms with Gasteiger partial charge < -0.3 is 15.4 Å². The molecule has 0 spiro atoms. The molecule has 5 nitrogen and oxygen atoms in total. The van der Waals surface area contributed by atoms with Crippen LogP contribution in [0.5, 0.6) is 5.75 Å². The van der Waals surface area contributed by atoms with E-state index in [1.165, 1.54) is 6.08 Å². The lowest BCUT2D eigenvalue weighted by Crippen LogP contribution is -2.26. The fourth-order valence-electron chi connectivity index (χ4n) is 1.26. The van der Waals surface area contributed by atoms with Gasteiger partial charge in [0.25, 0.3) is 0 Å². The fraction of sp³-hybridized carbons (Fsp3) is 0.231. The summed E-state index contributed by atoms with van der Waals surface area (Å²) in [6.07, 6.45) is 2.54. The van der Waals surface area contributed by atoms with Crippen molar-refractivity contribution in [1.82, 2.24) is 5.32 Å². The van der Waals surface area contributed by atoms with Crippen LogP contribution in [0.1, 0.15) is 13.8 Å². The summed E-state index contributed by atoms with van der Waals surface area (Å²) in [5.41, 5.74) is 0.569. The van der Waals surface area contributed by atoms with Crippen LogP contribution >= 0.6 is 0 Å². The van der Waals surface area contributed by atoms with Gasteiger partial charge in [-0.1, -0.05) is 12.1 Å². The molecule has 0 unspecified atom stereocenters. The first-order valence-corrected chi connectivity index (χ1v) is 5.65. The smallest absolute Gasteiger partial charge is 0.410 e. The zero-order chi connectivity index (χ0) is 13.4. The van der Waals surface area contributed by atoms with E-state index in [1.807, 2.05) is 0 Å². The molecule has 0 aliphatic rings. The highest BCUT2D eigenvalue weighted by atomic mass is 16.6. The van der Waals surface area contributed by atoms with Crippen LogP contribution in [0.2, 0.25) is 0 Å². The molecule has 18 heavy (non-hydrogen) atoms. The second-order valence-corrected chi connectivity index (χ2v) is 3.44. The predicted octanol–water partition coefficient (Wildman–Crippen LogP) is 2.31. The number of hydrogen-bond acceptors (Lipinski definition) is 3. The Hall–Kier alpha value is -2.30. The Labute approximate surface area is 106 Å². The van der Waals surface area contributed by atoms with Crippen LogP contribution in [0.4, 0.5) is 10.5 Å². The van der Waals surface area contributed by atoms with Crippen LogP contribution in [0.3, 0.4) is 0 Å². The highest BCUT2D eigenvalue weighted by molar-refractivity contribution is 5.99. The van der Waals surface area contributed by atoms with Crippen molar-refractivity contribution in [2.45, 2.75) is 13.8 Å². The molecule has 1 rings (SSSR count). The zero-order valence-corrected chi connectivity index (χ0v) is 10.4. The van der Waals surface area contributed by atoms with Crippen LogP contribution in [-0.2, 0) is 4.79 Å². The number of rotatable bonds is 4. The summed E-state index contributed by atoms with van der Waals surface area (Å²) in [6.45, 7) is 4.06. The lowest BCUT2D eigenvalue weighted by Gasteiger charge is -2.07. The van der Waals surface area contributed by atoms with Crippen molar-refractivity contribution >= 4 is 17.7 Å². The number of hydrogen-bond donors (Lipinski definition) is 2. The van der Waals surface area contributed by atoms with E-state index in [0.717, 1.165) is 0 Å². The Morgan fingerprint density at radius 2 is 2.17 bits per heavy atom. The van der Waals surface area contributed by atoms with Crippen LogP contribution in [-0.4, -0.2) is 18.5 Å². The second-order valence-electron chi connectivity index (χ2n) is 3.44. The highest BCUT2D eigenvalue weighted by Crippen LogP contribution is 2.17. The van der Waals surface area contributed by atoms with Crippen molar-refractivity contribution in [2.75, 3.05) is 11.9 Å². The Balaban J connectivity index is 2.67. The standard InChI is InChI=1S/C13H16N2O3/c1-3-6-12(16)15-10-7-5-8-11(9-10)18-13(17)14-4-2/h3,5-9H,4H2,1-2H3,(H,14,17)(H,15,16). The monoisotopic (exact) mass is 248 g/mol. The molecule has 96 valence electrons. The summed E-state index contributed by atoms with van der Waals surface area (Å²) in [6, 6.07) is 6.63. The third-order valence-corrected chi connectivity index (χ3v) is 1.95. The Kier molecular flexibility index (Phi) is 5.44. The average Bonchev–Trinajstić information content (AvgIpc) is 2.29. The van der Waals surface area contributed by atoms with Crippen molar-refractivity contribution in [2.24, 2.45) is 0 Å². The van der Waals surface area contributed by atoms with Crippen LogP contribution in [0, 0.1) is 0 Å². The number of carbonyl (C=O) groups is 2. The molecular formula is C13H16N2O3. The summed E-state index contributed by atoms with van der Waals surface area (Å²) >= 11 is 0. The van der Waals surface area contributed by atoms with Gasteiger partial charge in [0.2, 0.25) is 5.91 Å². The summed E-state index contributed by atoms with van der Waals surface area (Å²) < 4.78 is 5.02. The minimum Gasteiger partial charge on any atom is -0.410 e. The van der Waals surface area contributed by atoms with Gasteiger partial charge in [0.05, 0.1) is 0 Å². The van der Waals surface area contributed by atoms with E-state index in [0.29, 0.717) is 18.0 Å². The van der Waals surface area contributed by atoms with E-state index in [4.69, 9.17) is 4.74 Å². The number of amides is 2. The second kappa shape index (κ2) is 7.11. The van der Waals surface area contributed by atoms with E-state index in [1.54, 1.807) is 44.2 Å². The summed E-state index contributed by atoms with van der Waals surface area (Å²) in [5, 5.41) is 5.17. The Morgan fingerprint density at radius 1 is 1.39 bits per heavy atom. The number of ether oxygens (including phenoxy) is 1. The lowest BCUT2D eigenvalue weighted by atomic mass is 10.3. The van der Waals surface area contributed by atoms with Crippen molar-refractivity contribution in [3.05, 3.63) is 36.4 Å². The number of carbonyl (C=O) groups excluding carboxylic acids is 2. The summed E-state index contributed by atoms with van der Waals surface area (Å²) in [5.74, 6) is 0.145. The van der Waals surface area contributed by atoms with Crippen molar-refractivity contribution in [3.63, 3.8) is 0 Å². The molecule has 5 heteroatoms. The van der Waals surface area contributed by atoms with Gasteiger partial charge in [-0.05, 0) is 32.1 Å². The van der Waals surface area contributed by atoms with Crippen molar-refractivity contribution in [1.29, 1.82) is 0 Å². The van der Waals surface area contributed by atoms with Gasteiger partial charge in [0.15, 0.2) is 0 Å². The van der Waals surface area contributed by atoms with Gasteiger partial charge in [-0.3, -0.25) is 4.79 Å². The maximum atomic E-state index is 11.3. The maximum Gasteiger partial charge on any atom is 0.412 e. The van der Waals surface area contributed by atoms with Gasteiger partial charge in [0.1, 0.15) is 5.75 Å². The molecular weight excluding hydrogens is 232 g/mol. The highest BCUT2D eigenvalue weighted by Gasteiger charge is 2.04. The first kappa shape index (κ1) is 13.8. The topological polar surface area (TPSA) is 67.4 Å². The lowest BCUT2D eigenvalue weighted by molar-refractivity contribution is -0.111. The molecule has 0 radical (unpaired) electrons. The van der Waals surface area contributed by atoms with Crippen LogP contribution < -0.4 is 15.4 Å². The van der Waals surface area contributed by atoms with Gasteiger partial charge >= 0.3 is 6.09 Å².